The first kappa shape index (κ1) is 26.9. The highest BCUT2D eigenvalue weighted by Crippen LogP contribution is 2.31. The van der Waals surface area contributed by atoms with Crippen LogP contribution in [0.3, 0.4) is 0 Å². The summed E-state index contributed by atoms with van der Waals surface area (Å²) in [5.41, 5.74) is 0.119. The molecule has 0 radical (unpaired) electrons. The number of aromatic nitrogens is 2. The van der Waals surface area contributed by atoms with E-state index in [1.807, 2.05) is 39.8 Å². The first-order chi connectivity index (χ1) is 16.8. The molecule has 3 rings (SSSR count). The van der Waals surface area contributed by atoms with Crippen molar-refractivity contribution in [1.82, 2.24) is 15.1 Å². The van der Waals surface area contributed by atoms with Crippen LogP contribution in [0.15, 0.2) is 54.6 Å². The molecule has 0 aliphatic rings. The summed E-state index contributed by atoms with van der Waals surface area (Å²) in [6.45, 7) is 9.01. The molecule has 3 aromatic rings. The Bertz CT molecular complexity index is 1250. The normalized spacial score (nSPS) is 14.1. The smallest absolute Gasteiger partial charge is 0.305 e. The molecule has 36 heavy (non-hydrogen) atoms. The fraction of sp³-hybridized carbons (Fsp3) is 0.370. The van der Waals surface area contributed by atoms with Gasteiger partial charge < -0.3 is 20.3 Å². The number of aryl methyl sites for hydroxylation is 1. The SMILES string of the molecule is Cc1cccc([C@H](CC(=O)O)NC(=O)c2cc(OC[C@](C)(O)C(C)(C)C)n(-c3cccc(F)c3)n2)c1. The van der Waals surface area contributed by atoms with Gasteiger partial charge in [-0.25, -0.2) is 9.07 Å². The van der Waals surface area contributed by atoms with E-state index in [-0.39, 0.29) is 24.6 Å². The third-order valence-corrected chi connectivity index (χ3v) is 6.21. The van der Waals surface area contributed by atoms with E-state index in [9.17, 15) is 24.2 Å². The van der Waals surface area contributed by atoms with Crippen molar-refractivity contribution in [2.24, 2.45) is 5.41 Å². The second-order valence-electron chi connectivity index (χ2n) is 10.1. The van der Waals surface area contributed by atoms with Gasteiger partial charge in [0.1, 0.15) is 18.0 Å². The average Bonchev–Trinajstić information content (AvgIpc) is 3.21. The number of carboxylic acid groups (broad SMARTS) is 1. The Balaban J connectivity index is 1.95. The molecule has 0 bridgehead atoms. The van der Waals surface area contributed by atoms with Crippen molar-refractivity contribution in [1.29, 1.82) is 0 Å². The number of halogens is 1. The molecule has 3 N–H and O–H groups in total. The highest BCUT2D eigenvalue weighted by Gasteiger charge is 2.36. The fourth-order valence-electron chi connectivity index (χ4n) is 3.35. The van der Waals surface area contributed by atoms with E-state index in [4.69, 9.17) is 4.74 Å². The van der Waals surface area contributed by atoms with Gasteiger partial charge >= 0.3 is 5.97 Å². The van der Waals surface area contributed by atoms with E-state index < -0.39 is 34.8 Å². The molecular weight excluding hydrogens is 465 g/mol. The zero-order valence-electron chi connectivity index (χ0n) is 21.1. The summed E-state index contributed by atoms with van der Waals surface area (Å²) in [4.78, 5) is 24.6. The molecule has 0 fully saturated rings. The predicted molar refractivity (Wildman–Crippen MR) is 133 cm³/mol. The van der Waals surface area contributed by atoms with Gasteiger partial charge in [0.2, 0.25) is 5.88 Å². The molecule has 0 unspecified atom stereocenters. The van der Waals surface area contributed by atoms with E-state index >= 15 is 0 Å². The third-order valence-electron chi connectivity index (χ3n) is 6.21. The van der Waals surface area contributed by atoms with Gasteiger partial charge in [-0.15, -0.1) is 0 Å². The van der Waals surface area contributed by atoms with Crippen LogP contribution in [-0.4, -0.2) is 44.1 Å². The molecule has 8 nitrogen and oxygen atoms in total. The Hall–Kier alpha value is -3.72. The van der Waals surface area contributed by atoms with E-state index in [0.29, 0.717) is 11.3 Å². The van der Waals surface area contributed by atoms with Crippen molar-refractivity contribution < 1.29 is 28.9 Å². The summed E-state index contributed by atoms with van der Waals surface area (Å²) in [5, 5.41) is 27.3. The lowest BCUT2D eigenvalue weighted by atomic mass is 9.78. The highest BCUT2D eigenvalue weighted by molar-refractivity contribution is 5.93. The maximum atomic E-state index is 13.9. The van der Waals surface area contributed by atoms with Crippen molar-refractivity contribution in [2.45, 2.75) is 52.7 Å². The number of carboxylic acids is 1. The standard InChI is InChI=1S/C27H32FN3O5/c1-17-8-6-9-18(12-17)21(15-24(32)33)29-25(34)22-14-23(36-16-27(5,35)26(2,3)4)31(30-22)20-11-7-10-19(28)13-20/h6-14,21,35H,15-16H2,1-5H3,(H,29,34)(H,32,33)/t21-,27-/m0/s1. The second-order valence-corrected chi connectivity index (χ2v) is 10.1. The summed E-state index contributed by atoms with van der Waals surface area (Å²) in [6.07, 6.45) is -0.322. The van der Waals surface area contributed by atoms with Crippen molar-refractivity contribution in [2.75, 3.05) is 6.61 Å². The van der Waals surface area contributed by atoms with E-state index in [2.05, 4.69) is 10.4 Å². The summed E-state index contributed by atoms with van der Waals surface area (Å²) in [6, 6.07) is 13.4. The van der Waals surface area contributed by atoms with Crippen LogP contribution >= 0.6 is 0 Å². The Kier molecular flexibility index (Phi) is 7.83. The largest absolute Gasteiger partial charge is 0.481 e. The number of rotatable bonds is 9. The van der Waals surface area contributed by atoms with Crippen LogP contribution in [0.1, 0.15) is 61.8 Å². The predicted octanol–water partition coefficient (Wildman–Crippen LogP) is 4.44. The Morgan fingerprint density at radius 2 is 1.81 bits per heavy atom. The lowest BCUT2D eigenvalue weighted by Crippen LogP contribution is -2.45. The first-order valence-corrected chi connectivity index (χ1v) is 11.6. The van der Waals surface area contributed by atoms with Gasteiger partial charge in [-0.2, -0.15) is 5.10 Å². The van der Waals surface area contributed by atoms with Gasteiger partial charge in [0, 0.05) is 6.07 Å². The van der Waals surface area contributed by atoms with Gasteiger partial charge in [-0.05, 0) is 43.0 Å². The molecule has 2 atom stereocenters. The number of benzene rings is 2. The minimum Gasteiger partial charge on any atom is -0.481 e. The molecule has 1 aromatic heterocycles. The maximum absolute atomic E-state index is 13.9. The van der Waals surface area contributed by atoms with Crippen molar-refractivity contribution in [3.05, 3.63) is 77.2 Å². The summed E-state index contributed by atoms with van der Waals surface area (Å²) in [5.74, 6) is -2.06. The fourth-order valence-corrected chi connectivity index (χ4v) is 3.35. The number of aliphatic carboxylic acids is 1. The van der Waals surface area contributed by atoms with Crippen molar-refractivity contribution in [3.63, 3.8) is 0 Å². The molecule has 2 aromatic carbocycles. The zero-order chi connectivity index (χ0) is 26.7. The Morgan fingerprint density at radius 3 is 2.42 bits per heavy atom. The summed E-state index contributed by atoms with van der Waals surface area (Å²) >= 11 is 0. The number of hydrogen-bond donors (Lipinski definition) is 3. The number of aliphatic hydroxyl groups is 1. The molecule has 1 heterocycles. The van der Waals surface area contributed by atoms with Gasteiger partial charge in [0.05, 0.1) is 18.2 Å². The number of hydrogen-bond acceptors (Lipinski definition) is 5. The van der Waals surface area contributed by atoms with Crippen molar-refractivity contribution in [3.8, 4) is 11.6 Å². The zero-order valence-corrected chi connectivity index (χ0v) is 21.1. The minimum atomic E-state index is -1.22. The lowest BCUT2D eigenvalue weighted by molar-refractivity contribution is -0.137. The van der Waals surface area contributed by atoms with Gasteiger partial charge in [0.15, 0.2) is 5.69 Å². The van der Waals surface area contributed by atoms with Crippen molar-refractivity contribution >= 4 is 11.9 Å². The molecule has 1 amide bonds. The molecule has 0 aliphatic carbocycles. The van der Waals surface area contributed by atoms with Gasteiger partial charge in [-0.1, -0.05) is 56.7 Å². The lowest BCUT2D eigenvalue weighted by Gasteiger charge is -2.36. The van der Waals surface area contributed by atoms with Crippen LogP contribution in [0.4, 0.5) is 4.39 Å². The van der Waals surface area contributed by atoms with E-state index in [1.54, 1.807) is 25.1 Å². The molecular formula is C27H32FN3O5. The van der Waals surface area contributed by atoms with Gasteiger partial charge in [0.25, 0.3) is 5.91 Å². The minimum absolute atomic E-state index is 0.0484. The van der Waals surface area contributed by atoms with Crippen LogP contribution in [0.5, 0.6) is 5.88 Å². The molecule has 192 valence electrons. The second kappa shape index (κ2) is 10.5. The van der Waals surface area contributed by atoms with Crippen LogP contribution in [0.25, 0.3) is 5.69 Å². The number of carbonyl (C=O) groups excluding carboxylic acids is 1. The molecule has 0 spiro atoms. The number of ether oxygens (including phenoxy) is 1. The van der Waals surface area contributed by atoms with Crippen LogP contribution < -0.4 is 10.1 Å². The Morgan fingerprint density at radius 1 is 1.11 bits per heavy atom. The monoisotopic (exact) mass is 497 g/mol. The van der Waals surface area contributed by atoms with Crippen LogP contribution in [-0.2, 0) is 4.79 Å². The number of nitrogens with one attached hydrogen (secondary N) is 1. The molecule has 0 saturated carbocycles. The quantitative estimate of drug-likeness (QED) is 0.403. The van der Waals surface area contributed by atoms with E-state index in [0.717, 1.165) is 5.56 Å². The number of nitrogens with zero attached hydrogens (tertiary/aromatic N) is 2. The Labute approximate surface area is 209 Å². The molecule has 0 saturated heterocycles. The average molecular weight is 498 g/mol. The summed E-state index contributed by atoms with van der Waals surface area (Å²) < 4.78 is 21.1. The third kappa shape index (κ3) is 6.48. The summed E-state index contributed by atoms with van der Waals surface area (Å²) in [7, 11) is 0. The van der Waals surface area contributed by atoms with Gasteiger partial charge in [-0.3, -0.25) is 9.59 Å². The molecule has 9 heteroatoms. The van der Waals surface area contributed by atoms with E-state index in [1.165, 1.54) is 28.9 Å². The first-order valence-electron chi connectivity index (χ1n) is 11.6. The molecule has 0 aliphatic heterocycles. The highest BCUT2D eigenvalue weighted by atomic mass is 19.1. The maximum Gasteiger partial charge on any atom is 0.305 e. The van der Waals surface area contributed by atoms with Crippen LogP contribution in [0.2, 0.25) is 0 Å². The topological polar surface area (TPSA) is 114 Å². The number of carbonyl (C=O) groups is 2. The number of amides is 1. The van der Waals surface area contributed by atoms with Crippen LogP contribution in [0, 0.1) is 18.2 Å².